The Morgan fingerprint density at radius 2 is 1.72 bits per heavy atom. The van der Waals surface area contributed by atoms with Crippen molar-refractivity contribution in [3.8, 4) is 0 Å². The molecule has 0 bridgehead atoms. The minimum atomic E-state index is -0.763. The van der Waals surface area contributed by atoms with E-state index >= 15 is 0 Å². The second-order valence-corrected chi connectivity index (χ2v) is 7.16. The lowest BCUT2D eigenvalue weighted by molar-refractivity contribution is -0.144. The van der Waals surface area contributed by atoms with E-state index in [2.05, 4.69) is 29.3 Å². The summed E-state index contributed by atoms with van der Waals surface area (Å²) in [5.74, 6) is -0.0210. The van der Waals surface area contributed by atoms with Crippen LogP contribution in [-0.2, 0) is 9.59 Å². The monoisotopic (exact) mass is 343 g/mol. The second-order valence-electron chi connectivity index (χ2n) is 7.16. The Morgan fingerprint density at radius 1 is 1.04 bits per heavy atom. The van der Waals surface area contributed by atoms with Crippen molar-refractivity contribution in [2.75, 3.05) is 37.6 Å². The Kier molecular flexibility index (Phi) is 5.61. The molecule has 0 radical (unpaired) electrons. The first-order valence-corrected chi connectivity index (χ1v) is 9.55. The molecule has 1 N–H and O–H groups in total. The number of carbonyl (C=O) groups excluding carboxylic acids is 2. The molecule has 0 atom stereocenters. The number of para-hydroxylation sites is 1. The molecular weight excluding hydrogens is 314 g/mol. The Morgan fingerprint density at radius 3 is 2.32 bits per heavy atom. The highest BCUT2D eigenvalue weighted by Crippen LogP contribution is 2.47. The van der Waals surface area contributed by atoms with Crippen LogP contribution in [0.4, 0.5) is 5.69 Å². The van der Waals surface area contributed by atoms with Gasteiger partial charge in [-0.1, -0.05) is 38.0 Å². The summed E-state index contributed by atoms with van der Waals surface area (Å²) < 4.78 is 0. The minimum Gasteiger partial charge on any atom is -0.368 e. The van der Waals surface area contributed by atoms with E-state index in [4.69, 9.17) is 0 Å². The molecule has 1 saturated heterocycles. The van der Waals surface area contributed by atoms with Crippen LogP contribution < -0.4 is 10.2 Å². The first kappa shape index (κ1) is 17.8. The predicted molar refractivity (Wildman–Crippen MR) is 99.4 cm³/mol. The van der Waals surface area contributed by atoms with E-state index in [0.29, 0.717) is 32.5 Å². The van der Waals surface area contributed by atoms with Crippen molar-refractivity contribution >= 4 is 17.5 Å². The summed E-state index contributed by atoms with van der Waals surface area (Å²) in [5.41, 5.74) is 0.436. The predicted octanol–water partition coefficient (Wildman–Crippen LogP) is 2.42. The first-order valence-electron chi connectivity index (χ1n) is 9.55. The molecule has 1 heterocycles. The van der Waals surface area contributed by atoms with Crippen molar-refractivity contribution in [1.29, 1.82) is 0 Å². The van der Waals surface area contributed by atoms with Crippen LogP contribution in [0.3, 0.4) is 0 Å². The maximum absolute atomic E-state index is 12.9. The highest BCUT2D eigenvalue weighted by atomic mass is 16.2. The van der Waals surface area contributed by atoms with Crippen LogP contribution in [0.5, 0.6) is 0 Å². The van der Waals surface area contributed by atoms with E-state index in [-0.39, 0.29) is 11.8 Å². The Hall–Kier alpha value is -2.04. The van der Waals surface area contributed by atoms with Crippen LogP contribution in [-0.4, -0.2) is 49.4 Å². The highest BCUT2D eigenvalue weighted by molar-refractivity contribution is 6.07. The van der Waals surface area contributed by atoms with Gasteiger partial charge in [0.2, 0.25) is 11.8 Å². The molecule has 2 amide bonds. The molecular formula is C20H29N3O2. The summed E-state index contributed by atoms with van der Waals surface area (Å²) in [6.45, 7) is 5.86. The van der Waals surface area contributed by atoms with Gasteiger partial charge in [0.15, 0.2) is 0 Å². The second kappa shape index (κ2) is 7.89. The van der Waals surface area contributed by atoms with Crippen LogP contribution in [0.15, 0.2) is 30.3 Å². The van der Waals surface area contributed by atoms with Gasteiger partial charge in [-0.15, -0.1) is 0 Å². The van der Waals surface area contributed by atoms with Crippen molar-refractivity contribution in [2.24, 2.45) is 5.41 Å². The third kappa shape index (κ3) is 3.97. The van der Waals surface area contributed by atoms with Gasteiger partial charge in [0.25, 0.3) is 0 Å². The van der Waals surface area contributed by atoms with Gasteiger partial charge in [0, 0.05) is 38.4 Å². The van der Waals surface area contributed by atoms with Crippen molar-refractivity contribution in [1.82, 2.24) is 10.2 Å². The number of nitrogens with one attached hydrogen (secondary N) is 1. The molecule has 1 saturated carbocycles. The summed E-state index contributed by atoms with van der Waals surface area (Å²) in [6, 6.07) is 10.3. The quantitative estimate of drug-likeness (QED) is 0.611. The number of piperazine rings is 1. The maximum atomic E-state index is 12.9. The minimum absolute atomic E-state index is 0.0354. The lowest BCUT2D eigenvalue weighted by Crippen LogP contribution is -2.53. The molecule has 5 nitrogen and oxygen atoms in total. The van der Waals surface area contributed by atoms with E-state index in [1.165, 1.54) is 5.69 Å². The Bertz CT molecular complexity index is 590. The van der Waals surface area contributed by atoms with Crippen molar-refractivity contribution in [2.45, 2.75) is 39.0 Å². The molecule has 2 aliphatic rings. The number of rotatable bonds is 7. The van der Waals surface area contributed by atoms with E-state index in [9.17, 15) is 9.59 Å². The molecule has 3 rings (SSSR count). The smallest absolute Gasteiger partial charge is 0.238 e. The third-order valence-corrected chi connectivity index (χ3v) is 5.35. The zero-order valence-corrected chi connectivity index (χ0v) is 15.2. The fourth-order valence-electron chi connectivity index (χ4n) is 3.52. The van der Waals surface area contributed by atoms with E-state index in [0.717, 1.165) is 32.4 Å². The highest BCUT2D eigenvalue weighted by Gasteiger charge is 2.57. The zero-order valence-electron chi connectivity index (χ0n) is 15.2. The first-order chi connectivity index (χ1) is 12.2. The summed E-state index contributed by atoms with van der Waals surface area (Å²) in [6.07, 6.45) is 4.63. The Labute approximate surface area is 150 Å². The van der Waals surface area contributed by atoms with Gasteiger partial charge in [0.05, 0.1) is 0 Å². The lowest BCUT2D eigenvalue weighted by atomic mass is 10.0. The van der Waals surface area contributed by atoms with Gasteiger partial charge in [-0.3, -0.25) is 9.59 Å². The van der Waals surface area contributed by atoms with E-state index < -0.39 is 5.41 Å². The summed E-state index contributed by atoms with van der Waals surface area (Å²) >= 11 is 0. The number of carbonyl (C=O) groups is 2. The fourth-order valence-corrected chi connectivity index (χ4v) is 3.52. The van der Waals surface area contributed by atoms with Gasteiger partial charge in [-0.2, -0.15) is 0 Å². The molecule has 1 aliphatic carbocycles. The fraction of sp³-hybridized carbons (Fsp3) is 0.600. The summed E-state index contributed by atoms with van der Waals surface area (Å²) in [5, 5.41) is 2.98. The molecule has 0 unspecified atom stereocenters. The number of nitrogens with zero attached hydrogens (tertiary/aromatic N) is 2. The van der Waals surface area contributed by atoms with Crippen LogP contribution in [0, 0.1) is 5.41 Å². The maximum Gasteiger partial charge on any atom is 0.238 e. The molecule has 0 aromatic heterocycles. The van der Waals surface area contributed by atoms with Crippen LogP contribution >= 0.6 is 0 Å². The molecule has 1 aromatic carbocycles. The summed E-state index contributed by atoms with van der Waals surface area (Å²) in [4.78, 5) is 29.6. The molecule has 1 aliphatic heterocycles. The molecule has 1 aromatic rings. The largest absolute Gasteiger partial charge is 0.368 e. The van der Waals surface area contributed by atoms with Gasteiger partial charge in [-0.25, -0.2) is 0 Å². The van der Waals surface area contributed by atoms with Crippen LogP contribution in [0.2, 0.25) is 0 Å². The van der Waals surface area contributed by atoms with Crippen LogP contribution in [0.1, 0.15) is 39.0 Å². The molecule has 136 valence electrons. The number of amides is 2. The molecule has 2 fully saturated rings. The summed E-state index contributed by atoms with van der Waals surface area (Å²) in [7, 11) is 0. The SMILES string of the molecule is CCCCCNC(=O)C1(C(=O)N2CCN(c3ccccc3)CC2)CC1. The van der Waals surface area contributed by atoms with Crippen molar-refractivity contribution < 1.29 is 9.59 Å². The van der Waals surface area contributed by atoms with Crippen molar-refractivity contribution in [3.63, 3.8) is 0 Å². The Balaban J connectivity index is 1.51. The van der Waals surface area contributed by atoms with Crippen molar-refractivity contribution in [3.05, 3.63) is 30.3 Å². The molecule has 25 heavy (non-hydrogen) atoms. The molecule has 5 heteroatoms. The topological polar surface area (TPSA) is 52.7 Å². The van der Waals surface area contributed by atoms with E-state index in [1.807, 2.05) is 23.1 Å². The van der Waals surface area contributed by atoms with Gasteiger partial charge in [0.1, 0.15) is 5.41 Å². The normalized spacial score (nSPS) is 18.8. The number of anilines is 1. The average Bonchev–Trinajstić information content (AvgIpc) is 3.47. The molecule has 0 spiro atoms. The number of hydrogen-bond donors (Lipinski definition) is 1. The third-order valence-electron chi connectivity index (χ3n) is 5.35. The van der Waals surface area contributed by atoms with Gasteiger partial charge in [-0.05, 0) is 31.4 Å². The average molecular weight is 343 g/mol. The number of unbranched alkanes of at least 4 members (excludes halogenated alkanes) is 2. The van der Waals surface area contributed by atoms with Gasteiger partial charge >= 0.3 is 0 Å². The van der Waals surface area contributed by atoms with Gasteiger partial charge < -0.3 is 15.1 Å². The van der Waals surface area contributed by atoms with E-state index in [1.54, 1.807) is 0 Å². The number of benzene rings is 1. The number of hydrogen-bond acceptors (Lipinski definition) is 3. The zero-order chi connectivity index (χ0) is 17.7. The van der Waals surface area contributed by atoms with Crippen LogP contribution in [0.25, 0.3) is 0 Å². The lowest BCUT2D eigenvalue weighted by Gasteiger charge is -2.37. The standard InChI is InChI=1S/C20H29N3O2/c1-2-3-7-12-21-18(24)20(10-11-20)19(25)23-15-13-22(14-16-23)17-8-5-4-6-9-17/h4-6,8-9H,2-3,7,10-16H2,1H3,(H,21,24).